The zero-order chi connectivity index (χ0) is 12.1. The van der Waals surface area contributed by atoms with Crippen molar-refractivity contribution < 1.29 is 9.53 Å². The summed E-state index contributed by atoms with van der Waals surface area (Å²) in [6.45, 7) is 2.92. The number of carbonyl (C=O) groups excluding carboxylic acids is 1. The van der Waals surface area contributed by atoms with E-state index in [1.165, 1.54) is 0 Å². The maximum absolute atomic E-state index is 11.2. The van der Waals surface area contributed by atoms with E-state index in [0.29, 0.717) is 26.0 Å². The highest BCUT2D eigenvalue weighted by Gasteiger charge is 2.05. The van der Waals surface area contributed by atoms with E-state index in [4.69, 9.17) is 4.74 Å². The fraction of sp³-hybridized carbons (Fsp3) is 0.417. The van der Waals surface area contributed by atoms with Gasteiger partial charge in [-0.1, -0.05) is 17.3 Å². The van der Waals surface area contributed by atoms with Gasteiger partial charge in [-0.15, -0.1) is 5.10 Å². The molecule has 0 N–H and O–H groups in total. The van der Waals surface area contributed by atoms with E-state index < -0.39 is 0 Å². The fourth-order valence-electron chi connectivity index (χ4n) is 1.69. The summed E-state index contributed by atoms with van der Waals surface area (Å²) in [5.74, 6) is -0.156. The van der Waals surface area contributed by atoms with Gasteiger partial charge in [-0.2, -0.15) is 0 Å². The van der Waals surface area contributed by atoms with Crippen molar-refractivity contribution in [1.82, 2.24) is 15.0 Å². The first-order valence-corrected chi connectivity index (χ1v) is 5.75. The van der Waals surface area contributed by atoms with E-state index in [-0.39, 0.29) is 5.97 Å². The maximum Gasteiger partial charge on any atom is 0.305 e. The van der Waals surface area contributed by atoms with Gasteiger partial charge in [0.2, 0.25) is 0 Å². The van der Waals surface area contributed by atoms with Crippen LogP contribution in [-0.4, -0.2) is 27.6 Å². The Bertz CT molecular complexity index is 507. The number of benzene rings is 1. The maximum atomic E-state index is 11.2. The van der Waals surface area contributed by atoms with Crippen molar-refractivity contribution in [3.63, 3.8) is 0 Å². The summed E-state index contributed by atoms with van der Waals surface area (Å²) in [6, 6.07) is 7.78. The van der Waals surface area contributed by atoms with E-state index in [1.807, 2.05) is 35.9 Å². The highest BCUT2D eigenvalue weighted by atomic mass is 16.5. The molecule has 1 aromatic heterocycles. The minimum absolute atomic E-state index is 0.156. The number of hydrogen-bond donors (Lipinski definition) is 0. The molecule has 1 aromatic carbocycles. The molecule has 0 fully saturated rings. The highest BCUT2D eigenvalue weighted by Crippen LogP contribution is 2.10. The number of nitrogens with zero attached hydrogens (tertiary/aromatic N) is 3. The van der Waals surface area contributed by atoms with E-state index >= 15 is 0 Å². The second kappa shape index (κ2) is 5.43. The third kappa shape index (κ3) is 2.81. The molecule has 0 amide bonds. The Morgan fingerprint density at radius 2 is 2.24 bits per heavy atom. The Morgan fingerprint density at radius 1 is 1.41 bits per heavy atom. The molecule has 2 aromatic rings. The first kappa shape index (κ1) is 11.6. The number of esters is 1. The van der Waals surface area contributed by atoms with Crippen LogP contribution < -0.4 is 0 Å². The summed E-state index contributed by atoms with van der Waals surface area (Å²) in [5, 5.41) is 8.10. The lowest BCUT2D eigenvalue weighted by molar-refractivity contribution is -0.143. The Hall–Kier alpha value is -1.91. The van der Waals surface area contributed by atoms with Crippen molar-refractivity contribution >= 4 is 17.0 Å². The molecule has 0 radical (unpaired) electrons. The lowest BCUT2D eigenvalue weighted by atomic mass is 10.3. The first-order valence-electron chi connectivity index (χ1n) is 5.75. The molecule has 17 heavy (non-hydrogen) atoms. The lowest BCUT2D eigenvalue weighted by Gasteiger charge is -2.02. The van der Waals surface area contributed by atoms with Gasteiger partial charge in [0.05, 0.1) is 12.1 Å². The Morgan fingerprint density at radius 3 is 3.06 bits per heavy atom. The average molecular weight is 233 g/mol. The molecule has 90 valence electrons. The molecule has 5 nitrogen and oxygen atoms in total. The largest absolute Gasteiger partial charge is 0.466 e. The van der Waals surface area contributed by atoms with Crippen LogP contribution >= 0.6 is 0 Å². The molecule has 0 aliphatic rings. The Kier molecular flexibility index (Phi) is 3.69. The molecule has 0 aliphatic carbocycles. The number of hydrogen-bond acceptors (Lipinski definition) is 4. The van der Waals surface area contributed by atoms with Gasteiger partial charge in [-0.25, -0.2) is 4.68 Å². The first-order chi connectivity index (χ1) is 8.31. The van der Waals surface area contributed by atoms with Gasteiger partial charge in [-0.05, 0) is 25.5 Å². The van der Waals surface area contributed by atoms with Crippen molar-refractivity contribution in [3.8, 4) is 0 Å². The van der Waals surface area contributed by atoms with Crippen LogP contribution in [0.25, 0.3) is 11.0 Å². The molecule has 0 spiro atoms. The molecule has 2 rings (SSSR count). The van der Waals surface area contributed by atoms with Crippen LogP contribution in [0.4, 0.5) is 0 Å². The van der Waals surface area contributed by atoms with Crippen LogP contribution in [0.15, 0.2) is 24.3 Å². The average Bonchev–Trinajstić information content (AvgIpc) is 2.73. The quantitative estimate of drug-likeness (QED) is 0.738. The van der Waals surface area contributed by atoms with Gasteiger partial charge in [0.25, 0.3) is 0 Å². The monoisotopic (exact) mass is 233 g/mol. The SMILES string of the molecule is CCOC(=O)CCCn1nnc2ccccc21. The smallest absolute Gasteiger partial charge is 0.305 e. The van der Waals surface area contributed by atoms with Gasteiger partial charge in [0.15, 0.2) is 0 Å². The zero-order valence-electron chi connectivity index (χ0n) is 9.80. The topological polar surface area (TPSA) is 57.0 Å². The number of para-hydroxylation sites is 1. The van der Waals surface area contributed by atoms with Crippen LogP contribution in [-0.2, 0) is 16.1 Å². The Balaban J connectivity index is 1.93. The second-order valence-corrected chi connectivity index (χ2v) is 3.71. The number of rotatable bonds is 5. The molecule has 0 bridgehead atoms. The summed E-state index contributed by atoms with van der Waals surface area (Å²) in [7, 11) is 0. The van der Waals surface area contributed by atoms with E-state index in [9.17, 15) is 4.79 Å². The fourth-order valence-corrected chi connectivity index (χ4v) is 1.69. The van der Waals surface area contributed by atoms with Crippen molar-refractivity contribution in [2.45, 2.75) is 26.3 Å². The van der Waals surface area contributed by atoms with Crippen LogP contribution in [0.2, 0.25) is 0 Å². The predicted octanol–water partition coefficient (Wildman–Crippen LogP) is 1.77. The number of carbonyl (C=O) groups is 1. The van der Waals surface area contributed by atoms with Crippen molar-refractivity contribution in [2.75, 3.05) is 6.61 Å². The van der Waals surface area contributed by atoms with Crippen LogP contribution in [0.3, 0.4) is 0 Å². The number of fused-ring (bicyclic) bond motifs is 1. The molecular weight excluding hydrogens is 218 g/mol. The van der Waals surface area contributed by atoms with Crippen molar-refractivity contribution in [2.24, 2.45) is 0 Å². The summed E-state index contributed by atoms with van der Waals surface area (Å²) in [4.78, 5) is 11.2. The molecule has 0 saturated heterocycles. The molecule has 1 heterocycles. The van der Waals surface area contributed by atoms with Crippen LogP contribution in [0.1, 0.15) is 19.8 Å². The molecule has 0 unspecified atom stereocenters. The lowest BCUT2D eigenvalue weighted by Crippen LogP contribution is -2.07. The van der Waals surface area contributed by atoms with Crippen molar-refractivity contribution in [3.05, 3.63) is 24.3 Å². The summed E-state index contributed by atoms with van der Waals surface area (Å²) < 4.78 is 6.68. The van der Waals surface area contributed by atoms with Crippen molar-refractivity contribution in [1.29, 1.82) is 0 Å². The molecule has 0 saturated carbocycles. The molecule has 0 atom stereocenters. The molecular formula is C12H15N3O2. The number of aromatic nitrogens is 3. The minimum atomic E-state index is -0.156. The summed E-state index contributed by atoms with van der Waals surface area (Å²) in [5.41, 5.74) is 1.87. The van der Waals surface area contributed by atoms with E-state index in [0.717, 1.165) is 11.0 Å². The zero-order valence-corrected chi connectivity index (χ0v) is 9.80. The van der Waals surface area contributed by atoms with E-state index in [1.54, 1.807) is 0 Å². The highest BCUT2D eigenvalue weighted by molar-refractivity contribution is 5.73. The normalized spacial score (nSPS) is 10.6. The molecule has 0 aliphatic heterocycles. The number of ether oxygens (including phenoxy) is 1. The van der Waals surface area contributed by atoms with Gasteiger partial charge in [0.1, 0.15) is 5.52 Å². The minimum Gasteiger partial charge on any atom is -0.466 e. The van der Waals surface area contributed by atoms with Crippen LogP contribution in [0.5, 0.6) is 0 Å². The third-order valence-corrected chi connectivity index (χ3v) is 2.48. The summed E-state index contributed by atoms with van der Waals surface area (Å²) >= 11 is 0. The standard InChI is InChI=1S/C12H15N3O2/c1-2-17-12(16)8-5-9-15-11-7-4-3-6-10(11)13-14-15/h3-4,6-7H,2,5,8-9H2,1H3. The van der Waals surface area contributed by atoms with E-state index in [2.05, 4.69) is 10.3 Å². The summed E-state index contributed by atoms with van der Waals surface area (Å²) in [6.07, 6.45) is 1.13. The molecule has 5 heteroatoms. The van der Waals surface area contributed by atoms with Crippen LogP contribution in [0, 0.1) is 0 Å². The van der Waals surface area contributed by atoms with Gasteiger partial charge < -0.3 is 4.74 Å². The van der Waals surface area contributed by atoms with Gasteiger partial charge in [0, 0.05) is 13.0 Å². The van der Waals surface area contributed by atoms with Gasteiger partial charge in [-0.3, -0.25) is 4.79 Å². The second-order valence-electron chi connectivity index (χ2n) is 3.71. The number of aryl methyl sites for hydroxylation is 1. The third-order valence-electron chi connectivity index (χ3n) is 2.48. The van der Waals surface area contributed by atoms with Gasteiger partial charge >= 0.3 is 5.97 Å². The predicted molar refractivity (Wildman–Crippen MR) is 63.4 cm³/mol. The Labute approximate surface area is 99.4 Å².